The molecule has 0 saturated heterocycles. The van der Waals surface area contributed by atoms with Gasteiger partial charge in [0.1, 0.15) is 17.1 Å². The van der Waals surface area contributed by atoms with Crippen molar-refractivity contribution < 1.29 is 35.9 Å². The molecule has 2 aromatic heterocycles. The zero-order valence-electron chi connectivity index (χ0n) is 17.6. The van der Waals surface area contributed by atoms with E-state index in [-0.39, 0.29) is 27.4 Å². The highest BCUT2D eigenvalue weighted by Crippen LogP contribution is 2.36. The van der Waals surface area contributed by atoms with E-state index in [4.69, 9.17) is 11.6 Å². The zero-order valence-corrected chi connectivity index (χ0v) is 18.4. The van der Waals surface area contributed by atoms with Crippen molar-refractivity contribution in [3.05, 3.63) is 83.0 Å². The van der Waals surface area contributed by atoms with E-state index >= 15 is 0 Å². The zero-order chi connectivity index (χ0) is 26.0. The summed E-state index contributed by atoms with van der Waals surface area (Å²) in [5, 5.41) is 9.40. The number of rotatable bonds is 6. The number of amides is 1. The molecule has 0 aliphatic rings. The number of pyridine rings is 1. The van der Waals surface area contributed by atoms with Gasteiger partial charge in [0, 0.05) is 11.6 Å². The predicted octanol–water partition coefficient (Wildman–Crippen LogP) is 5.99. The number of carbonyl (C=O) groups excluding carboxylic acids is 1. The molecular weight excluding hydrogens is 516 g/mol. The van der Waals surface area contributed by atoms with Gasteiger partial charge in [-0.2, -0.15) is 32.1 Å². The Morgan fingerprint density at radius 2 is 1.78 bits per heavy atom. The highest BCUT2D eigenvalue weighted by Gasteiger charge is 2.36. The summed E-state index contributed by atoms with van der Waals surface area (Å²) < 4.78 is 83.9. The van der Waals surface area contributed by atoms with Crippen LogP contribution in [0.3, 0.4) is 0 Å². The van der Waals surface area contributed by atoms with Crippen LogP contribution in [0.5, 0.6) is 5.75 Å². The normalized spacial score (nSPS) is 11.6. The number of anilines is 1. The molecule has 7 nitrogen and oxygen atoms in total. The molecule has 14 heteroatoms. The third-order valence-electron chi connectivity index (χ3n) is 4.72. The molecule has 0 fully saturated rings. The van der Waals surface area contributed by atoms with Gasteiger partial charge in [-0.1, -0.05) is 17.7 Å². The smallest absolute Gasteiger partial charge is 0.420 e. The molecule has 1 amide bonds. The second-order valence-corrected chi connectivity index (χ2v) is 7.49. The van der Waals surface area contributed by atoms with Crippen molar-refractivity contribution in [2.24, 2.45) is 0 Å². The summed E-state index contributed by atoms with van der Waals surface area (Å²) in [7, 11) is 0. The van der Waals surface area contributed by atoms with Crippen LogP contribution in [0.25, 0.3) is 16.9 Å². The number of halogens is 7. The van der Waals surface area contributed by atoms with Gasteiger partial charge in [0.25, 0.3) is 5.91 Å². The van der Waals surface area contributed by atoms with Crippen LogP contribution in [0.4, 0.5) is 32.0 Å². The standard InChI is InChI=1S/C22H12ClF6N5O2/c23-17-7-11(14-4-2-12(24)8-18(14)36-21(25)26)1-3-15(17)20(35)33-13-9-16(22(27,28)29)19(30-10-13)34-31-5-6-32-34/h1-10,21H,(H,33,35). The number of benzene rings is 2. The van der Waals surface area contributed by atoms with Crippen LogP contribution in [0, 0.1) is 5.82 Å². The van der Waals surface area contributed by atoms with Crippen LogP contribution in [0.1, 0.15) is 15.9 Å². The fourth-order valence-corrected chi connectivity index (χ4v) is 3.48. The fraction of sp³-hybridized carbons (Fsp3) is 0.0909. The maximum atomic E-state index is 13.6. The minimum Gasteiger partial charge on any atom is -0.434 e. The van der Waals surface area contributed by atoms with Gasteiger partial charge in [-0.3, -0.25) is 4.79 Å². The average molecular weight is 528 g/mol. The third kappa shape index (κ3) is 5.40. The lowest BCUT2D eigenvalue weighted by Gasteiger charge is -2.14. The van der Waals surface area contributed by atoms with Gasteiger partial charge in [0.2, 0.25) is 0 Å². The summed E-state index contributed by atoms with van der Waals surface area (Å²) in [6, 6.07) is 7.45. The van der Waals surface area contributed by atoms with Crippen LogP contribution < -0.4 is 10.1 Å². The predicted molar refractivity (Wildman–Crippen MR) is 116 cm³/mol. The van der Waals surface area contributed by atoms with E-state index in [0.717, 1.165) is 18.3 Å². The van der Waals surface area contributed by atoms with Crippen molar-refractivity contribution in [2.45, 2.75) is 12.8 Å². The number of alkyl halides is 5. The highest BCUT2D eigenvalue weighted by molar-refractivity contribution is 6.34. The first-order chi connectivity index (χ1) is 17.0. The summed E-state index contributed by atoms with van der Waals surface area (Å²) in [6.45, 7) is -3.21. The highest BCUT2D eigenvalue weighted by atomic mass is 35.5. The van der Waals surface area contributed by atoms with Gasteiger partial charge in [-0.15, -0.1) is 4.80 Å². The number of carbonyl (C=O) groups is 1. The molecule has 0 aliphatic carbocycles. The summed E-state index contributed by atoms with van der Waals surface area (Å²) in [5.74, 6) is -2.71. The summed E-state index contributed by atoms with van der Waals surface area (Å²) >= 11 is 6.19. The van der Waals surface area contributed by atoms with Crippen molar-refractivity contribution in [2.75, 3.05) is 5.32 Å². The number of hydrogen-bond acceptors (Lipinski definition) is 5. The lowest BCUT2D eigenvalue weighted by Crippen LogP contribution is -2.17. The monoisotopic (exact) mass is 527 g/mol. The third-order valence-corrected chi connectivity index (χ3v) is 5.04. The van der Waals surface area contributed by atoms with E-state index in [2.05, 4.69) is 25.2 Å². The SMILES string of the molecule is O=C(Nc1cnc(-n2nccn2)c(C(F)(F)F)c1)c1ccc(-c2ccc(F)cc2OC(F)F)cc1Cl. The lowest BCUT2D eigenvalue weighted by molar-refractivity contribution is -0.137. The first-order valence-corrected chi connectivity index (χ1v) is 10.2. The van der Waals surface area contributed by atoms with Crippen LogP contribution in [-0.2, 0) is 6.18 Å². The van der Waals surface area contributed by atoms with Crippen molar-refractivity contribution in [3.8, 4) is 22.7 Å². The Morgan fingerprint density at radius 3 is 2.42 bits per heavy atom. The minimum atomic E-state index is -4.83. The van der Waals surface area contributed by atoms with Gasteiger partial charge in [0.05, 0.1) is 34.9 Å². The molecule has 0 atom stereocenters. The number of ether oxygens (including phenoxy) is 1. The molecule has 0 unspecified atom stereocenters. The van der Waals surface area contributed by atoms with Crippen molar-refractivity contribution in [1.82, 2.24) is 20.0 Å². The quantitative estimate of drug-likeness (QED) is 0.311. The van der Waals surface area contributed by atoms with Gasteiger partial charge in [-0.25, -0.2) is 9.37 Å². The van der Waals surface area contributed by atoms with Crippen LogP contribution in [0.2, 0.25) is 5.02 Å². The summed E-state index contributed by atoms with van der Waals surface area (Å²) in [6.07, 6.45) is -1.49. The maximum Gasteiger partial charge on any atom is 0.420 e. The van der Waals surface area contributed by atoms with Crippen LogP contribution in [0.15, 0.2) is 61.1 Å². The van der Waals surface area contributed by atoms with Crippen molar-refractivity contribution >= 4 is 23.2 Å². The Bertz CT molecular complexity index is 1410. The number of hydrogen-bond donors (Lipinski definition) is 1. The minimum absolute atomic E-state index is 0.0763. The molecule has 1 N–H and O–H groups in total. The molecule has 2 aromatic carbocycles. The molecule has 2 heterocycles. The second-order valence-electron chi connectivity index (χ2n) is 7.08. The van der Waals surface area contributed by atoms with Gasteiger partial charge in [-0.05, 0) is 35.9 Å². The Kier molecular flexibility index (Phi) is 6.84. The fourth-order valence-electron chi connectivity index (χ4n) is 3.21. The van der Waals surface area contributed by atoms with Gasteiger partial charge >= 0.3 is 12.8 Å². The summed E-state index contributed by atoms with van der Waals surface area (Å²) in [4.78, 5) is 17.1. The Morgan fingerprint density at radius 1 is 1.06 bits per heavy atom. The molecule has 0 saturated carbocycles. The number of nitrogens with zero attached hydrogens (tertiary/aromatic N) is 4. The summed E-state index contributed by atoms with van der Waals surface area (Å²) in [5.41, 5.74) is -1.31. The lowest BCUT2D eigenvalue weighted by atomic mass is 10.0. The maximum absolute atomic E-state index is 13.6. The Labute approximate surface area is 203 Å². The van der Waals surface area contributed by atoms with Gasteiger partial charge in [0.15, 0.2) is 5.82 Å². The van der Waals surface area contributed by atoms with E-state index in [1.165, 1.54) is 36.7 Å². The molecule has 4 rings (SSSR count). The molecule has 36 heavy (non-hydrogen) atoms. The second kappa shape index (κ2) is 9.85. The first kappa shape index (κ1) is 25.0. The Hall–Kier alpha value is -4.13. The van der Waals surface area contributed by atoms with Crippen LogP contribution >= 0.6 is 11.6 Å². The van der Waals surface area contributed by atoms with Crippen LogP contribution in [-0.4, -0.2) is 32.5 Å². The van der Waals surface area contributed by atoms with E-state index in [1.54, 1.807) is 0 Å². The van der Waals surface area contributed by atoms with E-state index in [0.29, 0.717) is 10.9 Å². The Balaban J connectivity index is 1.62. The topological polar surface area (TPSA) is 81.9 Å². The molecule has 4 aromatic rings. The first-order valence-electron chi connectivity index (χ1n) is 9.82. The molecular formula is C22H12ClF6N5O2. The van der Waals surface area contributed by atoms with Crippen molar-refractivity contribution in [1.29, 1.82) is 0 Å². The van der Waals surface area contributed by atoms with Crippen molar-refractivity contribution in [3.63, 3.8) is 0 Å². The molecule has 0 radical (unpaired) electrons. The van der Waals surface area contributed by atoms with E-state index in [9.17, 15) is 31.1 Å². The molecule has 0 aliphatic heterocycles. The molecule has 0 spiro atoms. The number of aromatic nitrogens is 4. The molecule has 186 valence electrons. The number of nitrogens with one attached hydrogen (secondary N) is 1. The van der Waals surface area contributed by atoms with Gasteiger partial charge < -0.3 is 10.1 Å². The van der Waals surface area contributed by atoms with E-state index < -0.39 is 41.6 Å². The molecule has 0 bridgehead atoms. The van der Waals surface area contributed by atoms with E-state index in [1.807, 2.05) is 0 Å². The largest absolute Gasteiger partial charge is 0.434 e. The average Bonchev–Trinajstić information content (AvgIpc) is 3.33.